The number of rotatable bonds is 3. The number of hydrogen-bond donors (Lipinski definition) is 0. The van der Waals surface area contributed by atoms with Crippen LogP contribution in [0.25, 0.3) is 0 Å². The average Bonchev–Trinajstić information content (AvgIpc) is 2.33. The zero-order chi connectivity index (χ0) is 13.1. The van der Waals surface area contributed by atoms with Gasteiger partial charge < -0.3 is 4.74 Å². The number of halogens is 3. The van der Waals surface area contributed by atoms with Gasteiger partial charge in [0, 0.05) is 22.5 Å². The molecule has 1 aromatic heterocycles. The van der Waals surface area contributed by atoms with Crippen LogP contribution >= 0.6 is 39.1 Å². The van der Waals surface area contributed by atoms with Gasteiger partial charge in [-0.25, -0.2) is 4.98 Å². The molecule has 1 heterocycles. The summed E-state index contributed by atoms with van der Waals surface area (Å²) in [5.41, 5.74) is 1.69. The summed E-state index contributed by atoms with van der Waals surface area (Å²) in [5, 5.41) is 0.629. The molecule has 3 nitrogen and oxygen atoms in total. The molecular weight excluding hydrogens is 339 g/mol. The van der Waals surface area contributed by atoms with Crippen molar-refractivity contribution < 1.29 is 4.74 Å². The van der Waals surface area contributed by atoms with E-state index in [1.165, 1.54) is 0 Å². The van der Waals surface area contributed by atoms with Gasteiger partial charge in [-0.05, 0) is 41.1 Å². The van der Waals surface area contributed by atoms with Crippen LogP contribution in [0.2, 0.25) is 5.02 Å². The van der Waals surface area contributed by atoms with Crippen molar-refractivity contribution in [1.29, 1.82) is 0 Å². The highest BCUT2D eigenvalue weighted by Gasteiger charge is 2.07. The molecule has 0 amide bonds. The smallest absolute Gasteiger partial charge is 0.322 e. The topological polar surface area (TPSA) is 35.0 Å². The van der Waals surface area contributed by atoms with Crippen LogP contribution in [0.1, 0.15) is 11.3 Å². The number of benzene rings is 1. The Kier molecular flexibility index (Phi) is 4.43. The Bertz CT molecular complexity index is 578. The van der Waals surface area contributed by atoms with Gasteiger partial charge in [0.15, 0.2) is 0 Å². The molecule has 0 saturated heterocycles. The van der Waals surface area contributed by atoms with E-state index < -0.39 is 0 Å². The SMILES string of the molecule is Cc1nc(Oc2ccc(Cl)cc2Br)ncc1CCl. The summed E-state index contributed by atoms with van der Waals surface area (Å²) >= 11 is 15.0. The van der Waals surface area contributed by atoms with E-state index in [0.717, 1.165) is 15.7 Å². The minimum Gasteiger partial charge on any atom is -0.423 e. The molecule has 2 aromatic rings. The number of nitrogens with zero attached hydrogens (tertiary/aromatic N) is 2. The summed E-state index contributed by atoms with van der Waals surface area (Å²) in [6.45, 7) is 1.86. The summed E-state index contributed by atoms with van der Waals surface area (Å²) < 4.78 is 6.32. The van der Waals surface area contributed by atoms with E-state index in [9.17, 15) is 0 Å². The number of ether oxygens (including phenoxy) is 1. The summed E-state index contributed by atoms with van der Waals surface area (Å²) in [6, 6.07) is 5.52. The van der Waals surface area contributed by atoms with E-state index in [0.29, 0.717) is 16.7 Å². The Morgan fingerprint density at radius 1 is 1.39 bits per heavy atom. The van der Waals surface area contributed by atoms with Crippen LogP contribution in [-0.2, 0) is 5.88 Å². The van der Waals surface area contributed by atoms with Crippen molar-refractivity contribution in [2.45, 2.75) is 12.8 Å². The zero-order valence-corrected chi connectivity index (χ0v) is 12.6. The maximum atomic E-state index is 5.85. The lowest BCUT2D eigenvalue weighted by atomic mass is 10.3. The fourth-order valence-electron chi connectivity index (χ4n) is 1.31. The Balaban J connectivity index is 2.26. The summed E-state index contributed by atoms with van der Waals surface area (Å²) in [5.74, 6) is 0.994. The van der Waals surface area contributed by atoms with Crippen molar-refractivity contribution in [3.63, 3.8) is 0 Å². The Morgan fingerprint density at radius 3 is 2.78 bits per heavy atom. The van der Waals surface area contributed by atoms with E-state index in [-0.39, 0.29) is 6.01 Å². The van der Waals surface area contributed by atoms with Crippen LogP contribution in [-0.4, -0.2) is 9.97 Å². The van der Waals surface area contributed by atoms with Crippen molar-refractivity contribution in [2.75, 3.05) is 0 Å². The number of hydrogen-bond acceptors (Lipinski definition) is 3. The molecule has 0 spiro atoms. The lowest BCUT2D eigenvalue weighted by Crippen LogP contribution is -1.97. The predicted octanol–water partition coefficient (Wildman–Crippen LogP) is 4.73. The lowest BCUT2D eigenvalue weighted by molar-refractivity contribution is 0.437. The molecule has 18 heavy (non-hydrogen) atoms. The first-order valence-electron chi connectivity index (χ1n) is 5.11. The predicted molar refractivity (Wildman–Crippen MR) is 75.6 cm³/mol. The first-order valence-corrected chi connectivity index (χ1v) is 6.82. The van der Waals surface area contributed by atoms with Crippen molar-refractivity contribution in [1.82, 2.24) is 9.97 Å². The van der Waals surface area contributed by atoms with Gasteiger partial charge in [-0.3, -0.25) is 0 Å². The minimum absolute atomic E-state index is 0.282. The molecule has 0 atom stereocenters. The first-order chi connectivity index (χ1) is 8.60. The highest BCUT2D eigenvalue weighted by atomic mass is 79.9. The van der Waals surface area contributed by atoms with E-state index >= 15 is 0 Å². The fourth-order valence-corrected chi connectivity index (χ4v) is 2.33. The maximum absolute atomic E-state index is 5.85. The van der Waals surface area contributed by atoms with Gasteiger partial charge >= 0.3 is 6.01 Å². The van der Waals surface area contributed by atoms with Gasteiger partial charge in [0.25, 0.3) is 0 Å². The van der Waals surface area contributed by atoms with Crippen molar-refractivity contribution in [3.05, 3.63) is 45.1 Å². The molecule has 0 bridgehead atoms. The van der Waals surface area contributed by atoms with Gasteiger partial charge in [0.05, 0.1) is 10.4 Å². The molecule has 1 aromatic carbocycles. The molecule has 0 saturated carbocycles. The quantitative estimate of drug-likeness (QED) is 0.752. The maximum Gasteiger partial charge on any atom is 0.322 e. The normalized spacial score (nSPS) is 10.4. The second kappa shape index (κ2) is 5.87. The van der Waals surface area contributed by atoms with E-state index in [2.05, 4.69) is 25.9 Å². The molecule has 0 aliphatic rings. The number of aromatic nitrogens is 2. The van der Waals surface area contributed by atoms with E-state index in [1.54, 1.807) is 24.4 Å². The summed E-state index contributed by atoms with van der Waals surface area (Å²) in [7, 11) is 0. The number of aryl methyl sites for hydroxylation is 1. The molecule has 0 aliphatic heterocycles. The third kappa shape index (κ3) is 3.13. The van der Waals surface area contributed by atoms with Crippen LogP contribution < -0.4 is 4.74 Å². The van der Waals surface area contributed by atoms with Crippen LogP contribution in [0.5, 0.6) is 11.8 Å². The van der Waals surface area contributed by atoms with Crippen LogP contribution in [0, 0.1) is 6.92 Å². The molecule has 2 rings (SSSR count). The Hall–Kier alpha value is -0.840. The van der Waals surface area contributed by atoms with Crippen molar-refractivity contribution in [2.24, 2.45) is 0 Å². The third-order valence-electron chi connectivity index (χ3n) is 2.30. The van der Waals surface area contributed by atoms with Crippen LogP contribution in [0.4, 0.5) is 0 Å². The minimum atomic E-state index is 0.282. The first kappa shape index (κ1) is 13.6. The number of alkyl halides is 1. The molecule has 0 aliphatic carbocycles. The van der Waals surface area contributed by atoms with Crippen molar-refractivity contribution >= 4 is 39.1 Å². The molecule has 0 fully saturated rings. The summed E-state index contributed by atoms with van der Waals surface area (Å²) in [6.07, 6.45) is 1.66. The van der Waals surface area contributed by atoms with E-state index in [1.807, 2.05) is 6.92 Å². The molecule has 6 heteroatoms. The molecule has 0 radical (unpaired) electrons. The highest BCUT2D eigenvalue weighted by molar-refractivity contribution is 9.10. The molecular formula is C12H9BrCl2N2O. The van der Waals surface area contributed by atoms with Crippen LogP contribution in [0.3, 0.4) is 0 Å². The summed E-state index contributed by atoms with van der Waals surface area (Å²) in [4.78, 5) is 8.33. The van der Waals surface area contributed by atoms with Gasteiger partial charge in [-0.15, -0.1) is 11.6 Å². The highest BCUT2D eigenvalue weighted by Crippen LogP contribution is 2.30. The lowest BCUT2D eigenvalue weighted by Gasteiger charge is -2.07. The zero-order valence-electron chi connectivity index (χ0n) is 9.45. The van der Waals surface area contributed by atoms with Gasteiger partial charge in [-0.2, -0.15) is 4.98 Å². The van der Waals surface area contributed by atoms with Gasteiger partial charge in [0.1, 0.15) is 5.75 Å². The van der Waals surface area contributed by atoms with Crippen molar-refractivity contribution in [3.8, 4) is 11.8 Å². The largest absolute Gasteiger partial charge is 0.423 e. The second-order valence-corrected chi connectivity index (χ2v) is 5.13. The monoisotopic (exact) mass is 346 g/mol. The third-order valence-corrected chi connectivity index (χ3v) is 3.44. The van der Waals surface area contributed by atoms with E-state index in [4.69, 9.17) is 27.9 Å². The standard InChI is InChI=1S/C12H9BrCl2N2O/c1-7-8(5-14)6-16-12(17-7)18-11-3-2-9(15)4-10(11)13/h2-4,6H,5H2,1H3. The van der Waals surface area contributed by atoms with Gasteiger partial charge in [0.2, 0.25) is 0 Å². The van der Waals surface area contributed by atoms with Crippen LogP contribution in [0.15, 0.2) is 28.9 Å². The molecule has 94 valence electrons. The van der Waals surface area contributed by atoms with Gasteiger partial charge in [-0.1, -0.05) is 11.6 Å². The average molecular weight is 348 g/mol. The fraction of sp³-hybridized carbons (Fsp3) is 0.167. The second-order valence-electron chi connectivity index (χ2n) is 3.57. The molecule has 0 unspecified atom stereocenters. The molecule has 0 N–H and O–H groups in total. The Morgan fingerprint density at radius 2 is 2.17 bits per heavy atom. The Labute approximate surface area is 123 Å².